The van der Waals surface area contributed by atoms with Gasteiger partial charge >= 0.3 is 0 Å². The van der Waals surface area contributed by atoms with E-state index < -0.39 is 0 Å². The Balaban J connectivity index is 1.83. The molecule has 0 spiro atoms. The third kappa shape index (κ3) is 4.40. The highest BCUT2D eigenvalue weighted by Gasteiger charge is 1.99. The summed E-state index contributed by atoms with van der Waals surface area (Å²) < 4.78 is 0. The summed E-state index contributed by atoms with van der Waals surface area (Å²) in [6.45, 7) is 3.01. The van der Waals surface area contributed by atoms with Gasteiger partial charge < -0.3 is 5.32 Å². The Bertz CT molecular complexity index is 563. The largest absolute Gasteiger partial charge is 0.380 e. The van der Waals surface area contributed by atoms with E-state index in [0.29, 0.717) is 0 Å². The predicted molar refractivity (Wildman–Crippen MR) is 86.0 cm³/mol. The van der Waals surface area contributed by atoms with Gasteiger partial charge in [-0.3, -0.25) is 0 Å². The van der Waals surface area contributed by atoms with Crippen LogP contribution in [0.4, 0.5) is 5.69 Å². The molecule has 0 fully saturated rings. The molecule has 0 saturated carbocycles. The van der Waals surface area contributed by atoms with E-state index in [0.717, 1.165) is 17.1 Å². The van der Waals surface area contributed by atoms with Crippen LogP contribution in [0.25, 0.3) is 0 Å². The fraction of sp³-hybridized carbons (Fsp3) is 0.353. The molecule has 20 heavy (non-hydrogen) atoms. The van der Waals surface area contributed by atoms with Crippen molar-refractivity contribution in [1.29, 1.82) is 5.26 Å². The van der Waals surface area contributed by atoms with Crippen molar-refractivity contribution in [3.05, 3.63) is 51.7 Å². The van der Waals surface area contributed by atoms with Gasteiger partial charge in [-0.25, -0.2) is 0 Å². The van der Waals surface area contributed by atoms with E-state index in [1.54, 1.807) is 11.3 Å². The van der Waals surface area contributed by atoms with Crippen molar-refractivity contribution < 1.29 is 0 Å². The van der Waals surface area contributed by atoms with Crippen molar-refractivity contribution in [2.75, 3.05) is 5.32 Å². The summed E-state index contributed by atoms with van der Waals surface area (Å²) >= 11 is 1.55. The molecular formula is C17H20N2S. The SMILES string of the molecule is CCCCCc1ccc(NCc2ccc(C#N)s2)cc1. The molecule has 104 valence electrons. The van der Waals surface area contributed by atoms with Crippen LogP contribution in [0.1, 0.15) is 41.5 Å². The van der Waals surface area contributed by atoms with Crippen LogP contribution in [0.15, 0.2) is 36.4 Å². The number of nitrogens with one attached hydrogen (secondary N) is 1. The van der Waals surface area contributed by atoms with Crippen molar-refractivity contribution in [2.45, 2.75) is 39.2 Å². The molecular weight excluding hydrogens is 264 g/mol. The number of nitriles is 1. The lowest BCUT2D eigenvalue weighted by atomic mass is 10.1. The predicted octanol–water partition coefficient (Wildman–Crippen LogP) is 4.96. The smallest absolute Gasteiger partial charge is 0.110 e. The Morgan fingerprint density at radius 1 is 1.10 bits per heavy atom. The molecule has 0 bridgehead atoms. The van der Waals surface area contributed by atoms with Crippen LogP contribution in [0.3, 0.4) is 0 Å². The number of hydrogen-bond donors (Lipinski definition) is 1. The number of rotatable bonds is 7. The van der Waals surface area contributed by atoms with Gasteiger partial charge in [-0.05, 0) is 42.7 Å². The zero-order valence-electron chi connectivity index (χ0n) is 11.9. The lowest BCUT2D eigenvalue weighted by Crippen LogP contribution is -1.97. The summed E-state index contributed by atoms with van der Waals surface area (Å²) in [6, 6.07) is 14.7. The van der Waals surface area contributed by atoms with Crippen LogP contribution in [-0.4, -0.2) is 0 Å². The fourth-order valence-corrected chi connectivity index (χ4v) is 2.84. The molecule has 2 rings (SSSR count). The van der Waals surface area contributed by atoms with E-state index in [1.165, 1.54) is 36.1 Å². The van der Waals surface area contributed by atoms with Crippen LogP contribution < -0.4 is 5.32 Å². The molecule has 2 nitrogen and oxygen atoms in total. The topological polar surface area (TPSA) is 35.8 Å². The number of unbranched alkanes of at least 4 members (excludes halogenated alkanes) is 2. The van der Waals surface area contributed by atoms with E-state index >= 15 is 0 Å². The zero-order valence-corrected chi connectivity index (χ0v) is 12.7. The average molecular weight is 284 g/mol. The van der Waals surface area contributed by atoms with Gasteiger partial charge in [0.1, 0.15) is 10.9 Å². The van der Waals surface area contributed by atoms with E-state index in [4.69, 9.17) is 5.26 Å². The van der Waals surface area contributed by atoms with Crippen LogP contribution in [0.2, 0.25) is 0 Å². The zero-order chi connectivity index (χ0) is 14.2. The van der Waals surface area contributed by atoms with Crippen LogP contribution in [0, 0.1) is 11.3 Å². The summed E-state index contributed by atoms with van der Waals surface area (Å²) in [5.74, 6) is 0. The lowest BCUT2D eigenvalue weighted by Gasteiger charge is -2.06. The average Bonchev–Trinajstić information content (AvgIpc) is 2.95. The molecule has 0 amide bonds. The van der Waals surface area contributed by atoms with Crippen LogP contribution in [-0.2, 0) is 13.0 Å². The third-order valence-electron chi connectivity index (χ3n) is 3.26. The Morgan fingerprint density at radius 2 is 1.90 bits per heavy atom. The molecule has 1 N–H and O–H groups in total. The minimum atomic E-state index is 0.771. The number of thiophene rings is 1. The van der Waals surface area contributed by atoms with Crippen LogP contribution in [0.5, 0.6) is 0 Å². The summed E-state index contributed by atoms with van der Waals surface area (Å²) in [4.78, 5) is 1.96. The summed E-state index contributed by atoms with van der Waals surface area (Å²) in [5.41, 5.74) is 2.54. The van der Waals surface area contributed by atoms with Crippen molar-refractivity contribution in [1.82, 2.24) is 0 Å². The highest BCUT2D eigenvalue weighted by atomic mass is 32.1. The maximum atomic E-state index is 8.80. The maximum absolute atomic E-state index is 8.80. The molecule has 0 radical (unpaired) electrons. The van der Waals surface area contributed by atoms with E-state index in [2.05, 4.69) is 42.6 Å². The highest BCUT2D eigenvalue weighted by Crippen LogP contribution is 2.18. The molecule has 1 heterocycles. The van der Waals surface area contributed by atoms with Crippen molar-refractivity contribution in [3.63, 3.8) is 0 Å². The molecule has 1 aromatic heterocycles. The maximum Gasteiger partial charge on any atom is 0.110 e. The number of hydrogen-bond acceptors (Lipinski definition) is 3. The minimum absolute atomic E-state index is 0.771. The Morgan fingerprint density at radius 3 is 2.55 bits per heavy atom. The molecule has 0 aliphatic rings. The van der Waals surface area contributed by atoms with Gasteiger partial charge in [0.2, 0.25) is 0 Å². The first-order chi connectivity index (χ1) is 9.81. The molecule has 0 unspecified atom stereocenters. The first kappa shape index (κ1) is 14.6. The van der Waals surface area contributed by atoms with Gasteiger partial charge in [0, 0.05) is 17.1 Å². The summed E-state index contributed by atoms with van der Waals surface area (Å²) in [7, 11) is 0. The molecule has 1 aromatic carbocycles. The van der Waals surface area contributed by atoms with Crippen LogP contribution >= 0.6 is 11.3 Å². The second-order valence-corrected chi connectivity index (χ2v) is 6.05. The Labute approximate surface area is 125 Å². The highest BCUT2D eigenvalue weighted by molar-refractivity contribution is 7.12. The number of nitrogens with zero attached hydrogens (tertiary/aromatic N) is 1. The normalized spacial score (nSPS) is 10.2. The monoisotopic (exact) mass is 284 g/mol. The van der Waals surface area contributed by atoms with Gasteiger partial charge in [-0.2, -0.15) is 5.26 Å². The minimum Gasteiger partial charge on any atom is -0.380 e. The van der Waals surface area contributed by atoms with Crippen molar-refractivity contribution >= 4 is 17.0 Å². The third-order valence-corrected chi connectivity index (χ3v) is 4.25. The van der Waals surface area contributed by atoms with Gasteiger partial charge in [-0.15, -0.1) is 11.3 Å². The molecule has 2 aromatic rings. The molecule has 0 saturated heterocycles. The van der Waals surface area contributed by atoms with E-state index in [-0.39, 0.29) is 0 Å². The first-order valence-electron chi connectivity index (χ1n) is 7.13. The molecule has 3 heteroatoms. The second kappa shape index (κ2) is 7.72. The first-order valence-corrected chi connectivity index (χ1v) is 7.95. The van der Waals surface area contributed by atoms with E-state index in [1.807, 2.05) is 12.1 Å². The van der Waals surface area contributed by atoms with Gasteiger partial charge in [0.15, 0.2) is 0 Å². The molecule has 0 aliphatic carbocycles. The lowest BCUT2D eigenvalue weighted by molar-refractivity contribution is 0.717. The number of aryl methyl sites for hydroxylation is 1. The summed E-state index contributed by atoms with van der Waals surface area (Å²) in [5, 5.41) is 12.2. The van der Waals surface area contributed by atoms with Gasteiger partial charge in [-0.1, -0.05) is 31.9 Å². The second-order valence-electron chi connectivity index (χ2n) is 4.89. The van der Waals surface area contributed by atoms with E-state index in [9.17, 15) is 0 Å². The Kier molecular flexibility index (Phi) is 5.64. The van der Waals surface area contributed by atoms with Crippen molar-refractivity contribution in [3.8, 4) is 6.07 Å². The molecule has 0 aliphatic heterocycles. The standard InChI is InChI=1S/C17H20N2S/c1-2-3-4-5-14-6-8-15(9-7-14)19-13-17-11-10-16(12-18)20-17/h6-11,19H,2-5,13H2,1H3. The molecule has 0 atom stereocenters. The number of anilines is 1. The quantitative estimate of drug-likeness (QED) is 0.729. The Hall–Kier alpha value is -1.79. The van der Waals surface area contributed by atoms with Gasteiger partial charge in [0.05, 0.1) is 0 Å². The number of benzene rings is 1. The van der Waals surface area contributed by atoms with Gasteiger partial charge in [0.25, 0.3) is 0 Å². The summed E-state index contributed by atoms with van der Waals surface area (Å²) in [6.07, 6.45) is 5.02. The fourth-order valence-electron chi connectivity index (χ4n) is 2.09. The van der Waals surface area contributed by atoms with Crippen molar-refractivity contribution in [2.24, 2.45) is 0 Å².